The molecule has 3 rings (SSSR count). The number of hydrogen-bond acceptors (Lipinski definition) is 2. The second-order valence-corrected chi connectivity index (χ2v) is 5.12. The molecule has 0 aromatic carbocycles. The van der Waals surface area contributed by atoms with Crippen molar-refractivity contribution in [2.24, 2.45) is 23.7 Å². The monoisotopic (exact) mass is 179 g/mol. The second-order valence-electron chi connectivity index (χ2n) is 5.12. The molecule has 3 fully saturated rings. The minimum Gasteiger partial charge on any atom is -0.315 e. The molecule has 2 nitrogen and oxygen atoms in total. The summed E-state index contributed by atoms with van der Waals surface area (Å²) < 4.78 is 0. The van der Waals surface area contributed by atoms with E-state index in [0.29, 0.717) is 11.7 Å². The Balaban J connectivity index is 1.48. The Bertz CT molecular complexity index is 224. The highest BCUT2D eigenvalue weighted by Crippen LogP contribution is 2.55. The Hall–Kier alpha value is -0.370. The quantitative estimate of drug-likeness (QED) is 0.705. The van der Waals surface area contributed by atoms with Crippen molar-refractivity contribution >= 4 is 5.78 Å². The van der Waals surface area contributed by atoms with Gasteiger partial charge in [0.2, 0.25) is 0 Å². The van der Waals surface area contributed by atoms with Crippen molar-refractivity contribution in [2.75, 3.05) is 13.1 Å². The molecular weight excluding hydrogens is 162 g/mol. The highest BCUT2D eigenvalue weighted by molar-refractivity contribution is 5.82. The van der Waals surface area contributed by atoms with E-state index in [2.05, 4.69) is 5.32 Å². The Morgan fingerprint density at radius 1 is 1.15 bits per heavy atom. The molecule has 1 heterocycles. The first-order valence-corrected chi connectivity index (χ1v) is 5.56. The smallest absolute Gasteiger partial charge is 0.138 e. The van der Waals surface area contributed by atoms with Gasteiger partial charge < -0.3 is 5.32 Å². The third-order valence-electron chi connectivity index (χ3n) is 4.07. The number of carbonyl (C=O) groups excluding carboxylic acids is 1. The number of Topliss-reactive ketones (excluding diaryl/α,β-unsaturated/α-hetero) is 1. The number of ketones is 1. The van der Waals surface area contributed by atoms with Crippen LogP contribution in [0.5, 0.6) is 0 Å². The summed E-state index contributed by atoms with van der Waals surface area (Å²) in [6.45, 7) is 1.89. The average Bonchev–Trinajstić information content (AvgIpc) is 2.55. The summed E-state index contributed by atoms with van der Waals surface area (Å²) in [6.07, 6.45) is 5.07. The van der Waals surface area contributed by atoms with Crippen molar-refractivity contribution in [2.45, 2.75) is 25.7 Å². The molecule has 2 aliphatic carbocycles. The van der Waals surface area contributed by atoms with Gasteiger partial charge in [0.15, 0.2) is 0 Å². The van der Waals surface area contributed by atoms with E-state index >= 15 is 0 Å². The van der Waals surface area contributed by atoms with Crippen molar-refractivity contribution in [3.8, 4) is 0 Å². The second kappa shape index (κ2) is 2.81. The van der Waals surface area contributed by atoms with Gasteiger partial charge in [-0.3, -0.25) is 4.79 Å². The van der Waals surface area contributed by atoms with E-state index in [9.17, 15) is 4.79 Å². The third kappa shape index (κ3) is 1.41. The number of carbonyl (C=O) groups is 1. The van der Waals surface area contributed by atoms with Crippen LogP contribution in [0.25, 0.3) is 0 Å². The lowest BCUT2D eigenvalue weighted by atomic mass is 9.88. The van der Waals surface area contributed by atoms with Crippen molar-refractivity contribution < 1.29 is 4.79 Å². The maximum absolute atomic E-state index is 11.7. The molecule has 1 saturated heterocycles. The molecule has 2 atom stereocenters. The standard InChI is InChI=1S/C11H17NO/c13-11(10-5-12-6-10)3-7-1-8-4-9(8)2-7/h7-10,12H,1-6H2. The third-order valence-corrected chi connectivity index (χ3v) is 4.07. The molecule has 1 N–H and O–H groups in total. The van der Waals surface area contributed by atoms with E-state index in [0.717, 1.165) is 37.3 Å². The van der Waals surface area contributed by atoms with Crippen molar-refractivity contribution in [1.82, 2.24) is 5.32 Å². The lowest BCUT2D eigenvalue weighted by Crippen LogP contribution is -2.46. The Labute approximate surface area is 79.1 Å². The van der Waals surface area contributed by atoms with E-state index in [1.807, 2.05) is 0 Å². The minimum atomic E-state index is 0.372. The summed E-state index contributed by atoms with van der Waals surface area (Å²) in [6, 6.07) is 0. The van der Waals surface area contributed by atoms with Crippen LogP contribution < -0.4 is 5.32 Å². The van der Waals surface area contributed by atoms with Crippen LogP contribution in [-0.2, 0) is 4.79 Å². The predicted octanol–water partition coefficient (Wildman–Crippen LogP) is 1.21. The molecule has 0 spiro atoms. The Kier molecular flexibility index (Phi) is 1.72. The summed E-state index contributed by atoms with van der Waals surface area (Å²) in [5.74, 6) is 3.72. The van der Waals surface area contributed by atoms with Gasteiger partial charge >= 0.3 is 0 Å². The first-order chi connectivity index (χ1) is 6.33. The van der Waals surface area contributed by atoms with Crippen LogP contribution in [-0.4, -0.2) is 18.9 Å². The molecule has 0 radical (unpaired) electrons. The zero-order chi connectivity index (χ0) is 8.84. The molecule has 0 amide bonds. The van der Waals surface area contributed by atoms with Crippen molar-refractivity contribution in [3.63, 3.8) is 0 Å². The van der Waals surface area contributed by atoms with Gasteiger partial charge in [-0.1, -0.05) is 0 Å². The predicted molar refractivity (Wildman–Crippen MR) is 50.3 cm³/mol. The zero-order valence-corrected chi connectivity index (χ0v) is 7.96. The summed E-state index contributed by atoms with van der Waals surface area (Å²) in [5.41, 5.74) is 0. The molecule has 2 heteroatoms. The van der Waals surface area contributed by atoms with E-state index in [1.54, 1.807) is 0 Å². The minimum absolute atomic E-state index is 0.372. The fraction of sp³-hybridized carbons (Fsp3) is 0.909. The van der Waals surface area contributed by atoms with Crippen molar-refractivity contribution in [3.05, 3.63) is 0 Å². The molecule has 13 heavy (non-hydrogen) atoms. The molecule has 0 bridgehead atoms. The summed E-state index contributed by atoms with van der Waals surface area (Å²) in [4.78, 5) is 11.7. The van der Waals surface area contributed by atoms with Crippen LogP contribution in [0.3, 0.4) is 0 Å². The van der Waals surface area contributed by atoms with Crippen molar-refractivity contribution in [1.29, 1.82) is 0 Å². The first-order valence-electron chi connectivity index (χ1n) is 5.56. The number of hydrogen-bond donors (Lipinski definition) is 1. The molecule has 0 aromatic rings. The van der Waals surface area contributed by atoms with Gasteiger partial charge in [0.05, 0.1) is 0 Å². The average molecular weight is 179 g/mol. The van der Waals surface area contributed by atoms with Gasteiger partial charge in [-0.2, -0.15) is 0 Å². The highest BCUT2D eigenvalue weighted by Gasteiger charge is 2.46. The summed E-state index contributed by atoms with van der Waals surface area (Å²) >= 11 is 0. The van der Waals surface area contributed by atoms with Gasteiger partial charge in [0.1, 0.15) is 5.78 Å². The Morgan fingerprint density at radius 3 is 2.38 bits per heavy atom. The van der Waals surface area contributed by atoms with Crippen LogP contribution in [0.1, 0.15) is 25.7 Å². The largest absolute Gasteiger partial charge is 0.315 e. The van der Waals surface area contributed by atoms with Crippen LogP contribution in [0.2, 0.25) is 0 Å². The van der Waals surface area contributed by atoms with E-state index in [-0.39, 0.29) is 0 Å². The summed E-state index contributed by atoms with van der Waals surface area (Å²) in [5, 5.41) is 3.16. The van der Waals surface area contributed by atoms with Crippen LogP contribution in [0.4, 0.5) is 0 Å². The normalized spacial score (nSPS) is 42.6. The lowest BCUT2D eigenvalue weighted by molar-refractivity contribution is -0.125. The van der Waals surface area contributed by atoms with Crippen LogP contribution in [0, 0.1) is 23.7 Å². The number of fused-ring (bicyclic) bond motifs is 1. The molecule has 72 valence electrons. The molecule has 3 aliphatic rings. The molecule has 0 aromatic heterocycles. The van der Waals surface area contributed by atoms with E-state index < -0.39 is 0 Å². The zero-order valence-electron chi connectivity index (χ0n) is 7.96. The maximum Gasteiger partial charge on any atom is 0.138 e. The van der Waals surface area contributed by atoms with Crippen LogP contribution in [0.15, 0.2) is 0 Å². The van der Waals surface area contributed by atoms with Gasteiger partial charge in [-0.25, -0.2) is 0 Å². The highest BCUT2D eigenvalue weighted by atomic mass is 16.1. The van der Waals surface area contributed by atoms with Crippen LogP contribution >= 0.6 is 0 Å². The SMILES string of the molecule is O=C(CC1CC2CC2C1)C1CNC1. The first kappa shape index (κ1) is 7.98. The maximum atomic E-state index is 11.7. The van der Waals surface area contributed by atoms with E-state index in [1.165, 1.54) is 19.3 Å². The summed E-state index contributed by atoms with van der Waals surface area (Å²) in [7, 11) is 0. The molecule has 1 aliphatic heterocycles. The topological polar surface area (TPSA) is 29.1 Å². The number of nitrogens with one attached hydrogen (secondary N) is 1. The van der Waals surface area contributed by atoms with E-state index in [4.69, 9.17) is 0 Å². The van der Waals surface area contributed by atoms with Gasteiger partial charge in [0.25, 0.3) is 0 Å². The fourth-order valence-corrected chi connectivity index (χ4v) is 2.97. The van der Waals surface area contributed by atoms with Gasteiger partial charge in [-0.15, -0.1) is 0 Å². The molecule has 2 saturated carbocycles. The number of rotatable bonds is 3. The van der Waals surface area contributed by atoms with Gasteiger partial charge in [-0.05, 0) is 37.0 Å². The Morgan fingerprint density at radius 2 is 1.85 bits per heavy atom. The lowest BCUT2D eigenvalue weighted by Gasteiger charge is -2.26. The molecular formula is C11H17NO. The molecule has 2 unspecified atom stereocenters. The van der Waals surface area contributed by atoms with Gasteiger partial charge in [0, 0.05) is 25.4 Å². The fourth-order valence-electron chi connectivity index (χ4n) is 2.97.